The maximum absolute atomic E-state index is 12.7. The van der Waals surface area contributed by atoms with Crippen LogP contribution in [0.3, 0.4) is 0 Å². The highest BCUT2D eigenvalue weighted by atomic mass is 32.1. The first-order chi connectivity index (χ1) is 10.2. The zero-order valence-electron chi connectivity index (χ0n) is 14.4. The van der Waals surface area contributed by atoms with Gasteiger partial charge in [-0.05, 0) is 65.0 Å². The van der Waals surface area contributed by atoms with E-state index in [4.69, 9.17) is 9.47 Å². The molecule has 0 fully saturated rings. The fourth-order valence-electron chi connectivity index (χ4n) is 2.96. The molecule has 22 heavy (non-hydrogen) atoms. The maximum Gasteiger partial charge on any atom is 0.410 e. The van der Waals surface area contributed by atoms with Gasteiger partial charge in [0, 0.05) is 18.0 Å². The van der Waals surface area contributed by atoms with E-state index in [0.29, 0.717) is 13.2 Å². The molecular formula is C17H27NO3S. The standard InChI is InChI=1S/C17H27NO3S/c1-7-20-17(5,6)14-13-12(9-11-22-13)8-10-18(14)15(19)21-16(2,3)4/h9,11,14H,7-8,10H2,1-6H3. The Morgan fingerprint density at radius 1 is 1.36 bits per heavy atom. The summed E-state index contributed by atoms with van der Waals surface area (Å²) in [6, 6.07) is 2.05. The summed E-state index contributed by atoms with van der Waals surface area (Å²) in [7, 11) is 0. The van der Waals surface area contributed by atoms with Crippen LogP contribution < -0.4 is 0 Å². The summed E-state index contributed by atoms with van der Waals surface area (Å²) in [5.41, 5.74) is 0.376. The van der Waals surface area contributed by atoms with Gasteiger partial charge in [-0.3, -0.25) is 4.90 Å². The zero-order chi connectivity index (χ0) is 16.5. The molecule has 1 aromatic rings. The fourth-order valence-corrected chi connectivity index (χ4v) is 4.20. The average molecular weight is 325 g/mol. The van der Waals surface area contributed by atoms with Gasteiger partial charge in [-0.2, -0.15) is 0 Å². The van der Waals surface area contributed by atoms with Crippen molar-refractivity contribution in [1.82, 2.24) is 4.90 Å². The Labute approximate surface area is 137 Å². The van der Waals surface area contributed by atoms with Gasteiger partial charge in [0.2, 0.25) is 0 Å². The molecule has 1 amide bonds. The van der Waals surface area contributed by atoms with Crippen LogP contribution in [0.4, 0.5) is 4.79 Å². The molecule has 4 nitrogen and oxygen atoms in total. The van der Waals surface area contributed by atoms with E-state index < -0.39 is 11.2 Å². The Morgan fingerprint density at radius 3 is 2.64 bits per heavy atom. The summed E-state index contributed by atoms with van der Waals surface area (Å²) in [6.07, 6.45) is 0.612. The van der Waals surface area contributed by atoms with E-state index in [0.717, 1.165) is 6.42 Å². The average Bonchev–Trinajstić information content (AvgIpc) is 2.82. The Balaban J connectivity index is 2.35. The summed E-state index contributed by atoms with van der Waals surface area (Å²) in [6.45, 7) is 13.1. The molecule has 0 radical (unpaired) electrons. The van der Waals surface area contributed by atoms with Crippen molar-refractivity contribution >= 4 is 17.4 Å². The summed E-state index contributed by atoms with van der Waals surface area (Å²) < 4.78 is 11.6. The van der Waals surface area contributed by atoms with Crippen LogP contribution in [0.5, 0.6) is 0 Å². The van der Waals surface area contributed by atoms with Crippen molar-refractivity contribution in [3.8, 4) is 0 Å². The molecule has 0 N–H and O–H groups in total. The number of fused-ring (bicyclic) bond motifs is 1. The SMILES string of the molecule is CCOC(C)(C)C1c2sccc2CCN1C(=O)OC(C)(C)C. The molecule has 0 saturated carbocycles. The van der Waals surface area contributed by atoms with Gasteiger partial charge in [0.05, 0.1) is 11.6 Å². The number of thiophene rings is 1. The Kier molecular flexibility index (Phi) is 4.87. The van der Waals surface area contributed by atoms with Gasteiger partial charge < -0.3 is 9.47 Å². The van der Waals surface area contributed by atoms with Crippen molar-refractivity contribution in [3.63, 3.8) is 0 Å². The minimum absolute atomic E-state index is 0.106. The molecule has 0 saturated heterocycles. The first-order valence-corrected chi connectivity index (χ1v) is 8.73. The van der Waals surface area contributed by atoms with Crippen molar-refractivity contribution in [1.29, 1.82) is 0 Å². The van der Waals surface area contributed by atoms with Crippen LogP contribution in [0, 0.1) is 0 Å². The van der Waals surface area contributed by atoms with Crippen LogP contribution in [-0.4, -0.2) is 35.3 Å². The Morgan fingerprint density at radius 2 is 2.05 bits per heavy atom. The summed E-state index contributed by atoms with van der Waals surface area (Å²) in [5, 5.41) is 2.10. The quantitative estimate of drug-likeness (QED) is 0.827. The largest absolute Gasteiger partial charge is 0.444 e. The number of carbonyl (C=O) groups excluding carboxylic acids is 1. The molecule has 0 bridgehead atoms. The molecule has 0 aromatic carbocycles. The van der Waals surface area contributed by atoms with Crippen molar-refractivity contribution in [2.45, 2.75) is 65.2 Å². The highest BCUT2D eigenvalue weighted by molar-refractivity contribution is 7.10. The first-order valence-electron chi connectivity index (χ1n) is 7.85. The summed E-state index contributed by atoms with van der Waals surface area (Å²) in [5.74, 6) is 0. The number of nitrogens with zero attached hydrogens (tertiary/aromatic N) is 1. The number of ether oxygens (including phenoxy) is 2. The Hall–Kier alpha value is -1.07. The van der Waals surface area contributed by atoms with Crippen LogP contribution in [0.25, 0.3) is 0 Å². The van der Waals surface area contributed by atoms with Crippen LogP contribution in [0.1, 0.15) is 58.0 Å². The van der Waals surface area contributed by atoms with Crippen LogP contribution >= 0.6 is 11.3 Å². The van der Waals surface area contributed by atoms with Crippen LogP contribution in [0.2, 0.25) is 0 Å². The highest BCUT2D eigenvalue weighted by Crippen LogP contribution is 2.42. The Bertz CT molecular complexity index is 530. The molecular weight excluding hydrogens is 298 g/mol. The molecule has 1 atom stereocenters. The third kappa shape index (κ3) is 3.63. The summed E-state index contributed by atoms with van der Waals surface area (Å²) >= 11 is 1.70. The van der Waals surface area contributed by atoms with Gasteiger partial charge in [0.25, 0.3) is 0 Å². The van der Waals surface area contributed by atoms with E-state index in [9.17, 15) is 4.79 Å². The second kappa shape index (κ2) is 6.20. The minimum atomic E-state index is -0.493. The smallest absolute Gasteiger partial charge is 0.410 e. The van der Waals surface area contributed by atoms with E-state index in [1.165, 1.54) is 10.4 Å². The van der Waals surface area contributed by atoms with Gasteiger partial charge >= 0.3 is 6.09 Å². The lowest BCUT2D eigenvalue weighted by Crippen LogP contribution is -2.51. The van der Waals surface area contributed by atoms with Crippen LogP contribution in [0.15, 0.2) is 11.4 Å². The minimum Gasteiger partial charge on any atom is -0.444 e. The molecule has 0 spiro atoms. The van der Waals surface area contributed by atoms with E-state index in [1.807, 2.05) is 46.4 Å². The molecule has 2 rings (SSSR count). The molecule has 1 aromatic heterocycles. The zero-order valence-corrected chi connectivity index (χ0v) is 15.3. The highest BCUT2D eigenvalue weighted by Gasteiger charge is 2.43. The van der Waals surface area contributed by atoms with Gasteiger partial charge in [-0.15, -0.1) is 11.3 Å². The van der Waals surface area contributed by atoms with Crippen molar-refractivity contribution in [3.05, 3.63) is 21.9 Å². The number of carbonyl (C=O) groups is 1. The maximum atomic E-state index is 12.7. The third-order valence-corrected chi connectivity index (χ3v) is 4.78. The molecule has 124 valence electrons. The van der Waals surface area contributed by atoms with Gasteiger partial charge in [-0.1, -0.05) is 0 Å². The van der Waals surface area contributed by atoms with E-state index in [1.54, 1.807) is 11.3 Å². The van der Waals surface area contributed by atoms with E-state index in [-0.39, 0.29) is 12.1 Å². The van der Waals surface area contributed by atoms with E-state index >= 15 is 0 Å². The summed E-state index contributed by atoms with van der Waals surface area (Å²) in [4.78, 5) is 15.7. The normalized spacial score (nSPS) is 19.0. The predicted molar refractivity (Wildman–Crippen MR) is 89.4 cm³/mol. The lowest BCUT2D eigenvalue weighted by molar-refractivity contribution is -0.0810. The second-order valence-corrected chi connectivity index (χ2v) is 8.12. The monoisotopic (exact) mass is 325 g/mol. The lowest BCUT2D eigenvalue weighted by atomic mass is 9.89. The van der Waals surface area contributed by atoms with Gasteiger partial charge in [-0.25, -0.2) is 4.79 Å². The molecule has 1 aliphatic heterocycles. The number of rotatable bonds is 3. The van der Waals surface area contributed by atoms with Crippen molar-refractivity contribution in [2.75, 3.05) is 13.2 Å². The number of hydrogen-bond acceptors (Lipinski definition) is 4. The van der Waals surface area contributed by atoms with Gasteiger partial charge in [0.1, 0.15) is 5.60 Å². The second-order valence-electron chi connectivity index (χ2n) is 7.17. The van der Waals surface area contributed by atoms with E-state index in [2.05, 4.69) is 11.4 Å². The first kappa shape index (κ1) is 17.3. The number of amides is 1. The molecule has 5 heteroatoms. The lowest BCUT2D eigenvalue weighted by Gasteiger charge is -2.44. The van der Waals surface area contributed by atoms with Crippen LogP contribution in [-0.2, 0) is 15.9 Å². The van der Waals surface area contributed by atoms with Crippen molar-refractivity contribution in [2.24, 2.45) is 0 Å². The molecule has 2 heterocycles. The molecule has 1 aliphatic rings. The molecule has 1 unspecified atom stereocenters. The molecule has 0 aliphatic carbocycles. The fraction of sp³-hybridized carbons (Fsp3) is 0.706. The van der Waals surface area contributed by atoms with Crippen molar-refractivity contribution < 1.29 is 14.3 Å². The predicted octanol–water partition coefficient (Wildman–Crippen LogP) is 4.40. The third-order valence-electron chi connectivity index (χ3n) is 3.77. The topological polar surface area (TPSA) is 38.8 Å². The van der Waals surface area contributed by atoms with Gasteiger partial charge in [0.15, 0.2) is 0 Å². The number of hydrogen-bond donors (Lipinski definition) is 0.